The van der Waals surface area contributed by atoms with Crippen molar-refractivity contribution in [3.8, 4) is 0 Å². The molecule has 124 valence electrons. The molecular formula is C16H26N2O2S2. The van der Waals surface area contributed by atoms with Crippen LogP contribution in [0.25, 0.3) is 0 Å². The highest BCUT2D eigenvalue weighted by Gasteiger charge is 2.18. The molecule has 0 saturated carbocycles. The summed E-state index contributed by atoms with van der Waals surface area (Å²) in [6, 6.07) is 0. The van der Waals surface area contributed by atoms with Gasteiger partial charge in [-0.05, 0) is 12.8 Å². The van der Waals surface area contributed by atoms with Crippen molar-refractivity contribution in [1.82, 2.24) is 10.3 Å². The zero-order chi connectivity index (χ0) is 16.6. The molecule has 1 amide bonds. The van der Waals surface area contributed by atoms with Crippen molar-refractivity contribution in [2.75, 3.05) is 12.3 Å². The lowest BCUT2D eigenvalue weighted by Gasteiger charge is -2.14. The molecule has 0 saturated heterocycles. The SMILES string of the molecule is CC(C)(C)c1csc(CC(=O)CCCCCNC(=O)CS)n1. The van der Waals surface area contributed by atoms with Gasteiger partial charge in [-0.2, -0.15) is 12.6 Å². The highest BCUT2D eigenvalue weighted by molar-refractivity contribution is 7.81. The van der Waals surface area contributed by atoms with Crippen LogP contribution in [0.4, 0.5) is 0 Å². The summed E-state index contributed by atoms with van der Waals surface area (Å²) in [5.74, 6) is 0.426. The molecule has 1 aromatic heterocycles. The van der Waals surface area contributed by atoms with E-state index in [1.165, 1.54) is 0 Å². The van der Waals surface area contributed by atoms with Crippen molar-refractivity contribution in [1.29, 1.82) is 0 Å². The Morgan fingerprint density at radius 1 is 1.27 bits per heavy atom. The van der Waals surface area contributed by atoms with E-state index in [0.717, 1.165) is 30.0 Å². The Labute approximate surface area is 142 Å². The fraction of sp³-hybridized carbons (Fsp3) is 0.688. The van der Waals surface area contributed by atoms with Gasteiger partial charge in [0, 0.05) is 23.8 Å². The maximum Gasteiger partial charge on any atom is 0.229 e. The van der Waals surface area contributed by atoms with Crippen molar-refractivity contribution in [3.63, 3.8) is 0 Å². The Hall–Kier alpha value is -0.880. The fourth-order valence-electron chi connectivity index (χ4n) is 1.90. The standard InChI is InChI=1S/C16H26N2O2S2/c1-16(2,3)13-11-22-15(18-13)9-12(19)7-5-4-6-8-17-14(20)10-21/h11,21H,4-10H2,1-3H3,(H,17,20). The summed E-state index contributed by atoms with van der Waals surface area (Å²) < 4.78 is 0. The molecular weight excluding hydrogens is 316 g/mol. The van der Waals surface area contributed by atoms with Gasteiger partial charge in [0.05, 0.1) is 17.9 Å². The third-order valence-electron chi connectivity index (χ3n) is 3.27. The minimum atomic E-state index is -0.0437. The normalized spacial score (nSPS) is 11.5. The highest BCUT2D eigenvalue weighted by Crippen LogP contribution is 2.24. The van der Waals surface area contributed by atoms with Crippen molar-refractivity contribution in [3.05, 3.63) is 16.1 Å². The number of rotatable bonds is 9. The Balaban J connectivity index is 2.18. The van der Waals surface area contributed by atoms with Gasteiger partial charge >= 0.3 is 0 Å². The molecule has 0 fully saturated rings. The molecule has 1 aromatic rings. The number of nitrogens with zero attached hydrogens (tertiary/aromatic N) is 1. The Morgan fingerprint density at radius 3 is 2.59 bits per heavy atom. The molecule has 4 nitrogen and oxygen atoms in total. The first-order valence-electron chi connectivity index (χ1n) is 7.67. The van der Waals surface area contributed by atoms with Crippen molar-refractivity contribution in [2.45, 2.75) is 58.3 Å². The van der Waals surface area contributed by atoms with Gasteiger partial charge in [-0.3, -0.25) is 9.59 Å². The van der Waals surface area contributed by atoms with Crippen LogP contribution in [0.2, 0.25) is 0 Å². The van der Waals surface area contributed by atoms with E-state index in [1.54, 1.807) is 11.3 Å². The molecule has 0 aliphatic carbocycles. The Bertz CT molecular complexity index is 493. The molecule has 1 heterocycles. The van der Waals surface area contributed by atoms with Crippen LogP contribution in [0, 0.1) is 0 Å². The number of amides is 1. The minimum Gasteiger partial charge on any atom is -0.355 e. The molecule has 0 bridgehead atoms. The molecule has 0 atom stereocenters. The van der Waals surface area contributed by atoms with E-state index < -0.39 is 0 Å². The number of thiazole rings is 1. The lowest BCUT2D eigenvalue weighted by Crippen LogP contribution is -2.25. The molecule has 0 radical (unpaired) electrons. The molecule has 0 spiro atoms. The Morgan fingerprint density at radius 2 is 2.00 bits per heavy atom. The summed E-state index contributed by atoms with van der Waals surface area (Å²) >= 11 is 5.46. The molecule has 0 aromatic carbocycles. The van der Waals surface area contributed by atoms with Gasteiger partial charge < -0.3 is 5.32 Å². The van der Waals surface area contributed by atoms with Gasteiger partial charge in [0.15, 0.2) is 0 Å². The van der Waals surface area contributed by atoms with E-state index >= 15 is 0 Å². The maximum atomic E-state index is 11.9. The molecule has 0 unspecified atom stereocenters. The number of carbonyl (C=O) groups excluding carboxylic acids is 2. The summed E-state index contributed by atoms with van der Waals surface area (Å²) in [5, 5.41) is 5.73. The zero-order valence-electron chi connectivity index (χ0n) is 13.6. The number of carbonyl (C=O) groups is 2. The van der Waals surface area contributed by atoms with E-state index in [-0.39, 0.29) is 22.9 Å². The number of Topliss-reactive ketones (excluding diaryl/α,β-unsaturated/α-hetero) is 1. The van der Waals surface area contributed by atoms with Gasteiger partial charge in [0.25, 0.3) is 0 Å². The monoisotopic (exact) mass is 342 g/mol. The largest absolute Gasteiger partial charge is 0.355 e. The second kappa shape index (κ2) is 9.30. The zero-order valence-corrected chi connectivity index (χ0v) is 15.4. The second-order valence-electron chi connectivity index (χ2n) is 6.41. The fourth-order valence-corrected chi connectivity index (χ4v) is 3.06. The summed E-state index contributed by atoms with van der Waals surface area (Å²) in [7, 11) is 0. The van der Waals surface area contributed by atoms with Crippen molar-refractivity contribution < 1.29 is 9.59 Å². The summed E-state index contributed by atoms with van der Waals surface area (Å²) in [4.78, 5) is 27.5. The predicted octanol–water partition coefficient (Wildman–Crippen LogP) is 3.16. The first-order valence-corrected chi connectivity index (χ1v) is 9.18. The average molecular weight is 343 g/mol. The minimum absolute atomic E-state index is 0.0370. The van der Waals surface area contributed by atoms with Crippen LogP contribution >= 0.6 is 24.0 Å². The van der Waals surface area contributed by atoms with Gasteiger partial charge in [-0.25, -0.2) is 4.98 Å². The van der Waals surface area contributed by atoms with Crippen LogP contribution in [0.5, 0.6) is 0 Å². The van der Waals surface area contributed by atoms with E-state index in [2.05, 4.69) is 43.7 Å². The first-order chi connectivity index (χ1) is 10.3. The number of ketones is 1. The molecule has 0 aliphatic heterocycles. The van der Waals surface area contributed by atoms with Crippen LogP contribution in [0.1, 0.15) is 57.2 Å². The summed E-state index contributed by atoms with van der Waals surface area (Å²) in [5.41, 5.74) is 1.09. The van der Waals surface area contributed by atoms with Crippen LogP contribution in [0.15, 0.2) is 5.38 Å². The first kappa shape index (κ1) is 19.2. The summed E-state index contributed by atoms with van der Waals surface area (Å²) in [6.45, 7) is 7.04. The molecule has 6 heteroatoms. The maximum absolute atomic E-state index is 11.9. The smallest absolute Gasteiger partial charge is 0.229 e. The van der Waals surface area contributed by atoms with E-state index in [9.17, 15) is 9.59 Å². The highest BCUT2D eigenvalue weighted by atomic mass is 32.1. The van der Waals surface area contributed by atoms with Gasteiger partial charge in [0.2, 0.25) is 5.91 Å². The van der Waals surface area contributed by atoms with Gasteiger partial charge in [0.1, 0.15) is 10.8 Å². The van der Waals surface area contributed by atoms with Crippen molar-refractivity contribution in [2.24, 2.45) is 0 Å². The molecule has 0 aliphatic rings. The average Bonchev–Trinajstić information content (AvgIpc) is 2.90. The van der Waals surface area contributed by atoms with Crippen LogP contribution < -0.4 is 5.32 Å². The molecule has 1 rings (SSSR count). The predicted molar refractivity (Wildman–Crippen MR) is 94.9 cm³/mol. The number of aromatic nitrogens is 1. The van der Waals surface area contributed by atoms with Crippen LogP contribution in [-0.4, -0.2) is 29.0 Å². The van der Waals surface area contributed by atoms with Gasteiger partial charge in [-0.1, -0.05) is 27.2 Å². The summed E-state index contributed by atoms with van der Waals surface area (Å²) in [6.07, 6.45) is 3.75. The lowest BCUT2D eigenvalue weighted by molar-refractivity contribution is -0.119. The number of hydrogen-bond acceptors (Lipinski definition) is 5. The quantitative estimate of drug-likeness (QED) is 0.535. The third-order valence-corrected chi connectivity index (χ3v) is 4.40. The molecule has 22 heavy (non-hydrogen) atoms. The topological polar surface area (TPSA) is 59.1 Å². The van der Waals surface area contributed by atoms with E-state index in [4.69, 9.17) is 0 Å². The number of nitrogens with one attached hydrogen (secondary N) is 1. The second-order valence-corrected chi connectivity index (χ2v) is 7.67. The number of unbranched alkanes of at least 4 members (excludes halogenated alkanes) is 2. The lowest BCUT2D eigenvalue weighted by atomic mass is 9.93. The van der Waals surface area contributed by atoms with Crippen LogP contribution in [0.3, 0.4) is 0 Å². The molecule has 1 N–H and O–H groups in total. The van der Waals surface area contributed by atoms with Crippen molar-refractivity contribution >= 4 is 35.7 Å². The van der Waals surface area contributed by atoms with Crippen LogP contribution in [-0.2, 0) is 21.4 Å². The third kappa shape index (κ3) is 7.40. The Kier molecular flexibility index (Phi) is 8.10. The van der Waals surface area contributed by atoms with E-state index in [0.29, 0.717) is 19.4 Å². The number of thiol groups is 1. The number of hydrogen-bond donors (Lipinski definition) is 2. The van der Waals surface area contributed by atoms with E-state index in [1.807, 2.05) is 5.38 Å². The van der Waals surface area contributed by atoms with Gasteiger partial charge in [-0.15, -0.1) is 11.3 Å².